The molecule has 1 aromatic rings. The molecule has 19 heavy (non-hydrogen) atoms. The number of hydrogen-bond donors (Lipinski definition) is 2. The van der Waals surface area contributed by atoms with E-state index in [1.54, 1.807) is 6.92 Å². The molecule has 0 radical (unpaired) electrons. The van der Waals surface area contributed by atoms with Crippen molar-refractivity contribution in [3.05, 3.63) is 29.8 Å². The molecule has 0 spiro atoms. The average Bonchev–Trinajstić information content (AvgIpc) is 2.90. The topological polar surface area (TPSA) is 58.4 Å². The Morgan fingerprint density at radius 3 is 2.84 bits per heavy atom. The van der Waals surface area contributed by atoms with Crippen molar-refractivity contribution >= 4 is 11.6 Å². The molecule has 1 aromatic carbocycles. The van der Waals surface area contributed by atoms with E-state index in [1.165, 1.54) is 31.5 Å². The van der Waals surface area contributed by atoms with Crippen molar-refractivity contribution in [2.45, 2.75) is 32.2 Å². The predicted molar refractivity (Wildman–Crippen MR) is 78.1 cm³/mol. The van der Waals surface area contributed by atoms with E-state index >= 15 is 0 Å². The molecule has 2 rings (SSSR count). The molecular formula is C15H23N3O. The van der Waals surface area contributed by atoms with E-state index in [1.807, 2.05) is 18.2 Å². The summed E-state index contributed by atoms with van der Waals surface area (Å²) in [5, 5.41) is 2.83. The molecule has 1 unspecified atom stereocenters. The van der Waals surface area contributed by atoms with Crippen LogP contribution < -0.4 is 11.1 Å². The Labute approximate surface area is 115 Å². The van der Waals surface area contributed by atoms with Crippen LogP contribution in [0.1, 0.15) is 25.3 Å². The Hall–Kier alpha value is -1.39. The molecule has 1 aliphatic rings. The molecule has 0 saturated carbocycles. The number of amides is 1. The molecule has 1 heterocycles. The van der Waals surface area contributed by atoms with Gasteiger partial charge in [0.05, 0.1) is 6.04 Å². The molecule has 4 nitrogen and oxygen atoms in total. The summed E-state index contributed by atoms with van der Waals surface area (Å²) >= 11 is 0. The van der Waals surface area contributed by atoms with Crippen LogP contribution in [0.3, 0.4) is 0 Å². The van der Waals surface area contributed by atoms with E-state index in [0.717, 1.165) is 18.7 Å². The fourth-order valence-corrected chi connectivity index (χ4v) is 2.35. The van der Waals surface area contributed by atoms with Crippen molar-refractivity contribution in [3.8, 4) is 0 Å². The number of anilines is 1. The molecule has 1 atom stereocenters. The summed E-state index contributed by atoms with van der Waals surface area (Å²) in [7, 11) is 0. The van der Waals surface area contributed by atoms with Gasteiger partial charge in [-0.05, 0) is 57.0 Å². The van der Waals surface area contributed by atoms with Crippen LogP contribution in [0.5, 0.6) is 0 Å². The molecule has 1 saturated heterocycles. The Balaban J connectivity index is 1.89. The van der Waals surface area contributed by atoms with Crippen LogP contribution in [0.2, 0.25) is 0 Å². The van der Waals surface area contributed by atoms with Crippen molar-refractivity contribution < 1.29 is 4.79 Å². The van der Waals surface area contributed by atoms with Gasteiger partial charge < -0.3 is 16.0 Å². The zero-order chi connectivity index (χ0) is 13.7. The van der Waals surface area contributed by atoms with Crippen LogP contribution in [0, 0.1) is 0 Å². The number of nitrogens with one attached hydrogen (secondary N) is 1. The van der Waals surface area contributed by atoms with Crippen LogP contribution in [-0.2, 0) is 11.2 Å². The minimum atomic E-state index is -0.478. The van der Waals surface area contributed by atoms with Crippen LogP contribution >= 0.6 is 0 Å². The van der Waals surface area contributed by atoms with Gasteiger partial charge in [-0.25, -0.2) is 0 Å². The van der Waals surface area contributed by atoms with Gasteiger partial charge in [0.15, 0.2) is 0 Å². The first kappa shape index (κ1) is 14.0. The van der Waals surface area contributed by atoms with Gasteiger partial charge in [0.25, 0.3) is 0 Å². The van der Waals surface area contributed by atoms with Gasteiger partial charge >= 0.3 is 0 Å². The summed E-state index contributed by atoms with van der Waals surface area (Å²) in [4.78, 5) is 14.0. The van der Waals surface area contributed by atoms with Gasteiger partial charge in [0.2, 0.25) is 5.91 Å². The summed E-state index contributed by atoms with van der Waals surface area (Å²) in [6.07, 6.45) is 3.68. The zero-order valence-corrected chi connectivity index (χ0v) is 11.6. The molecule has 1 aliphatic heterocycles. The summed E-state index contributed by atoms with van der Waals surface area (Å²) in [6, 6.07) is 7.55. The second-order valence-corrected chi connectivity index (χ2v) is 5.28. The minimum Gasteiger partial charge on any atom is -0.325 e. The van der Waals surface area contributed by atoms with Crippen molar-refractivity contribution in [1.29, 1.82) is 0 Å². The second-order valence-electron chi connectivity index (χ2n) is 5.28. The Bertz CT molecular complexity index is 425. The number of benzene rings is 1. The highest BCUT2D eigenvalue weighted by Gasteiger charge is 2.11. The lowest BCUT2D eigenvalue weighted by Crippen LogP contribution is -2.32. The highest BCUT2D eigenvalue weighted by molar-refractivity contribution is 5.94. The Morgan fingerprint density at radius 1 is 1.42 bits per heavy atom. The maximum atomic E-state index is 11.5. The third-order valence-corrected chi connectivity index (χ3v) is 3.52. The largest absolute Gasteiger partial charge is 0.325 e. The van der Waals surface area contributed by atoms with Crippen LogP contribution in [0.4, 0.5) is 5.69 Å². The molecule has 4 heteroatoms. The van der Waals surface area contributed by atoms with Gasteiger partial charge in [0.1, 0.15) is 0 Å². The van der Waals surface area contributed by atoms with E-state index in [9.17, 15) is 4.79 Å². The van der Waals surface area contributed by atoms with Crippen LogP contribution in [0.25, 0.3) is 0 Å². The van der Waals surface area contributed by atoms with Crippen molar-refractivity contribution in [2.75, 3.05) is 25.0 Å². The van der Waals surface area contributed by atoms with Gasteiger partial charge in [-0.3, -0.25) is 4.79 Å². The first-order valence-corrected chi connectivity index (χ1v) is 7.03. The molecule has 0 aromatic heterocycles. The lowest BCUT2D eigenvalue weighted by Gasteiger charge is -2.15. The minimum absolute atomic E-state index is 0.142. The third kappa shape index (κ3) is 4.33. The van der Waals surface area contributed by atoms with Crippen LogP contribution in [-0.4, -0.2) is 36.5 Å². The van der Waals surface area contributed by atoms with E-state index in [0.29, 0.717) is 0 Å². The number of rotatable bonds is 5. The van der Waals surface area contributed by atoms with Gasteiger partial charge in [-0.1, -0.05) is 12.1 Å². The van der Waals surface area contributed by atoms with Crippen molar-refractivity contribution in [2.24, 2.45) is 5.73 Å². The Morgan fingerprint density at radius 2 is 2.16 bits per heavy atom. The summed E-state index contributed by atoms with van der Waals surface area (Å²) in [6.45, 7) is 5.24. The smallest absolute Gasteiger partial charge is 0.240 e. The van der Waals surface area contributed by atoms with E-state index in [-0.39, 0.29) is 5.91 Å². The predicted octanol–water partition coefficient (Wildman–Crippen LogP) is 1.61. The molecular weight excluding hydrogens is 238 g/mol. The maximum absolute atomic E-state index is 11.5. The molecule has 3 N–H and O–H groups in total. The fraction of sp³-hybridized carbons (Fsp3) is 0.533. The SMILES string of the molecule is CC(N)C(=O)Nc1cccc(CCN2CCCC2)c1. The summed E-state index contributed by atoms with van der Waals surface area (Å²) in [5.41, 5.74) is 7.64. The fourth-order valence-electron chi connectivity index (χ4n) is 2.35. The lowest BCUT2D eigenvalue weighted by molar-refractivity contribution is -0.117. The maximum Gasteiger partial charge on any atom is 0.240 e. The second kappa shape index (κ2) is 6.68. The zero-order valence-electron chi connectivity index (χ0n) is 11.6. The molecule has 0 bridgehead atoms. The van der Waals surface area contributed by atoms with E-state index in [4.69, 9.17) is 5.73 Å². The number of nitrogens with zero attached hydrogens (tertiary/aromatic N) is 1. The monoisotopic (exact) mass is 261 g/mol. The van der Waals surface area contributed by atoms with Crippen LogP contribution in [0.15, 0.2) is 24.3 Å². The molecule has 1 fully saturated rings. The third-order valence-electron chi connectivity index (χ3n) is 3.52. The summed E-state index contributed by atoms with van der Waals surface area (Å²) < 4.78 is 0. The van der Waals surface area contributed by atoms with Gasteiger partial charge in [-0.15, -0.1) is 0 Å². The highest BCUT2D eigenvalue weighted by Crippen LogP contribution is 2.13. The standard InChI is InChI=1S/C15H23N3O/c1-12(16)15(19)17-14-6-4-5-13(11-14)7-10-18-8-2-3-9-18/h4-6,11-12H,2-3,7-10,16H2,1H3,(H,17,19). The average molecular weight is 261 g/mol. The highest BCUT2D eigenvalue weighted by atomic mass is 16.2. The van der Waals surface area contributed by atoms with Crippen molar-refractivity contribution in [3.63, 3.8) is 0 Å². The summed E-state index contributed by atoms with van der Waals surface area (Å²) in [5.74, 6) is -0.142. The normalized spacial score (nSPS) is 17.4. The quantitative estimate of drug-likeness (QED) is 0.846. The first-order chi connectivity index (χ1) is 9.15. The number of nitrogens with two attached hydrogens (primary N) is 1. The number of carbonyl (C=O) groups excluding carboxylic acids is 1. The molecule has 0 aliphatic carbocycles. The van der Waals surface area contributed by atoms with E-state index < -0.39 is 6.04 Å². The van der Waals surface area contributed by atoms with Gasteiger partial charge in [0, 0.05) is 12.2 Å². The van der Waals surface area contributed by atoms with Gasteiger partial charge in [-0.2, -0.15) is 0 Å². The number of hydrogen-bond acceptors (Lipinski definition) is 3. The lowest BCUT2D eigenvalue weighted by atomic mass is 10.1. The first-order valence-electron chi connectivity index (χ1n) is 7.03. The molecule has 104 valence electrons. The molecule has 1 amide bonds. The number of carbonyl (C=O) groups is 1. The van der Waals surface area contributed by atoms with E-state index in [2.05, 4.69) is 16.3 Å². The van der Waals surface area contributed by atoms with Crippen molar-refractivity contribution in [1.82, 2.24) is 4.90 Å². The Kier molecular flexibility index (Phi) is 4.93. The number of likely N-dealkylation sites (tertiary alicyclic amines) is 1.